The fourth-order valence-corrected chi connectivity index (χ4v) is 1.51. The minimum absolute atomic E-state index is 1.17. The fraction of sp³-hybridized carbons (Fsp3) is 0.846. The highest BCUT2D eigenvalue weighted by atomic mass is 15.1. The number of unbranched alkanes of at least 4 members (excludes halogenated alkanes) is 6. The highest BCUT2D eigenvalue weighted by Crippen LogP contribution is 2.12. The molecule has 1 heteroatoms. The standard InChI is InChI=1S/C13H27N/c1-5-6-7-8-9-10-11-12-13(2)14(3)4/h2,5-12H2,1,3-4H3. The number of nitrogens with zero attached hydrogens (tertiary/aromatic N) is 1. The van der Waals surface area contributed by atoms with Crippen LogP contribution in [-0.2, 0) is 0 Å². The van der Waals surface area contributed by atoms with Gasteiger partial charge in [-0.15, -0.1) is 0 Å². The molecule has 0 aliphatic rings. The molecule has 1 nitrogen and oxygen atoms in total. The molecule has 0 aromatic carbocycles. The summed E-state index contributed by atoms with van der Waals surface area (Å²) in [5.74, 6) is 0. The van der Waals surface area contributed by atoms with Crippen molar-refractivity contribution < 1.29 is 0 Å². The second-order valence-electron chi connectivity index (χ2n) is 4.33. The van der Waals surface area contributed by atoms with Gasteiger partial charge in [-0.05, 0) is 12.8 Å². The van der Waals surface area contributed by atoms with Crippen LogP contribution < -0.4 is 0 Å². The van der Waals surface area contributed by atoms with E-state index in [2.05, 4.69) is 32.5 Å². The molecule has 0 aromatic rings. The smallest absolute Gasteiger partial charge is 0.00579 e. The Morgan fingerprint density at radius 1 is 0.929 bits per heavy atom. The third-order valence-corrected chi connectivity index (χ3v) is 2.70. The lowest BCUT2D eigenvalue weighted by Gasteiger charge is -2.15. The van der Waals surface area contributed by atoms with Crippen LogP contribution in [0.1, 0.15) is 58.3 Å². The van der Waals surface area contributed by atoms with Gasteiger partial charge in [-0.2, -0.15) is 0 Å². The number of hydrogen-bond donors (Lipinski definition) is 0. The largest absolute Gasteiger partial charge is 0.381 e. The first kappa shape index (κ1) is 13.5. The molecule has 0 aliphatic carbocycles. The highest BCUT2D eigenvalue weighted by Gasteiger charge is 1.96. The summed E-state index contributed by atoms with van der Waals surface area (Å²) in [5.41, 5.74) is 1.26. The zero-order valence-corrected chi connectivity index (χ0v) is 10.3. The molecule has 0 N–H and O–H groups in total. The van der Waals surface area contributed by atoms with Gasteiger partial charge in [0.1, 0.15) is 0 Å². The average molecular weight is 197 g/mol. The Bertz CT molecular complexity index is 138. The number of allylic oxidation sites excluding steroid dienone is 1. The fourth-order valence-electron chi connectivity index (χ4n) is 1.51. The minimum atomic E-state index is 1.17. The molecular formula is C13H27N. The molecule has 0 rings (SSSR count). The third-order valence-electron chi connectivity index (χ3n) is 2.70. The first-order valence-electron chi connectivity index (χ1n) is 6.03. The second-order valence-corrected chi connectivity index (χ2v) is 4.33. The van der Waals surface area contributed by atoms with Gasteiger partial charge in [-0.3, -0.25) is 0 Å². The Kier molecular flexibility index (Phi) is 8.81. The molecule has 0 atom stereocenters. The van der Waals surface area contributed by atoms with Crippen LogP contribution in [0.25, 0.3) is 0 Å². The van der Waals surface area contributed by atoms with E-state index in [1.165, 1.54) is 57.1 Å². The molecule has 0 aromatic heterocycles. The van der Waals surface area contributed by atoms with Crippen LogP contribution in [0.3, 0.4) is 0 Å². The predicted molar refractivity (Wildman–Crippen MR) is 65.4 cm³/mol. The number of rotatable bonds is 9. The first-order chi connectivity index (χ1) is 6.68. The number of hydrogen-bond acceptors (Lipinski definition) is 1. The van der Waals surface area contributed by atoms with Crippen molar-refractivity contribution in [3.8, 4) is 0 Å². The molecule has 0 spiro atoms. The summed E-state index contributed by atoms with van der Waals surface area (Å²) >= 11 is 0. The van der Waals surface area contributed by atoms with Gasteiger partial charge in [0.2, 0.25) is 0 Å². The molecule has 0 unspecified atom stereocenters. The van der Waals surface area contributed by atoms with Gasteiger partial charge >= 0.3 is 0 Å². The molecule has 14 heavy (non-hydrogen) atoms. The second kappa shape index (κ2) is 9.11. The van der Waals surface area contributed by atoms with Crippen molar-refractivity contribution in [1.29, 1.82) is 0 Å². The first-order valence-corrected chi connectivity index (χ1v) is 6.03. The highest BCUT2D eigenvalue weighted by molar-refractivity contribution is 4.89. The van der Waals surface area contributed by atoms with Crippen LogP contribution in [-0.4, -0.2) is 19.0 Å². The van der Waals surface area contributed by atoms with E-state index in [-0.39, 0.29) is 0 Å². The monoisotopic (exact) mass is 197 g/mol. The van der Waals surface area contributed by atoms with Gasteiger partial charge in [0.05, 0.1) is 0 Å². The molecule has 0 fully saturated rings. The van der Waals surface area contributed by atoms with Crippen molar-refractivity contribution >= 4 is 0 Å². The summed E-state index contributed by atoms with van der Waals surface area (Å²) in [6.07, 6.45) is 10.8. The lowest BCUT2D eigenvalue weighted by molar-refractivity contribution is 0.474. The van der Waals surface area contributed by atoms with Gasteiger partial charge in [0.15, 0.2) is 0 Å². The van der Waals surface area contributed by atoms with Crippen molar-refractivity contribution in [2.24, 2.45) is 0 Å². The van der Waals surface area contributed by atoms with Gasteiger partial charge in [-0.25, -0.2) is 0 Å². The predicted octanol–water partition coefficient (Wildman–Crippen LogP) is 4.20. The van der Waals surface area contributed by atoms with Gasteiger partial charge < -0.3 is 4.90 Å². The molecule has 0 bridgehead atoms. The summed E-state index contributed by atoms with van der Waals surface area (Å²) in [6.45, 7) is 6.29. The van der Waals surface area contributed by atoms with E-state index < -0.39 is 0 Å². The van der Waals surface area contributed by atoms with Crippen LogP contribution in [0.4, 0.5) is 0 Å². The summed E-state index contributed by atoms with van der Waals surface area (Å²) in [7, 11) is 4.15. The minimum Gasteiger partial charge on any atom is -0.381 e. The maximum Gasteiger partial charge on any atom is 0.00579 e. The molecule has 0 amide bonds. The summed E-state index contributed by atoms with van der Waals surface area (Å²) in [6, 6.07) is 0. The van der Waals surface area contributed by atoms with Crippen LogP contribution in [0.15, 0.2) is 12.3 Å². The molecular weight excluding hydrogens is 170 g/mol. The van der Waals surface area contributed by atoms with E-state index in [9.17, 15) is 0 Å². The van der Waals surface area contributed by atoms with Crippen molar-refractivity contribution in [1.82, 2.24) is 4.90 Å². The molecule has 84 valence electrons. The van der Waals surface area contributed by atoms with Crippen LogP contribution in [0, 0.1) is 0 Å². The summed E-state index contributed by atoms with van der Waals surface area (Å²) < 4.78 is 0. The molecule has 0 aliphatic heterocycles. The zero-order chi connectivity index (χ0) is 10.8. The SMILES string of the molecule is C=C(CCCCCCCCC)N(C)C. The Morgan fingerprint density at radius 3 is 1.93 bits per heavy atom. The maximum atomic E-state index is 4.03. The average Bonchev–Trinajstić information content (AvgIpc) is 2.16. The van der Waals surface area contributed by atoms with E-state index >= 15 is 0 Å². The van der Waals surface area contributed by atoms with Crippen molar-refractivity contribution in [2.45, 2.75) is 58.3 Å². The van der Waals surface area contributed by atoms with E-state index in [0.29, 0.717) is 0 Å². The Morgan fingerprint density at radius 2 is 1.43 bits per heavy atom. The van der Waals surface area contributed by atoms with E-state index in [1.54, 1.807) is 0 Å². The van der Waals surface area contributed by atoms with Crippen LogP contribution in [0.5, 0.6) is 0 Å². The van der Waals surface area contributed by atoms with Gasteiger partial charge in [0.25, 0.3) is 0 Å². The van der Waals surface area contributed by atoms with Crippen molar-refractivity contribution in [3.63, 3.8) is 0 Å². The molecule has 0 saturated heterocycles. The van der Waals surface area contributed by atoms with Gasteiger partial charge in [0, 0.05) is 19.8 Å². The van der Waals surface area contributed by atoms with E-state index in [1.807, 2.05) is 0 Å². The van der Waals surface area contributed by atoms with E-state index in [0.717, 1.165) is 0 Å². The normalized spacial score (nSPS) is 10.2. The van der Waals surface area contributed by atoms with Crippen molar-refractivity contribution in [3.05, 3.63) is 12.3 Å². The van der Waals surface area contributed by atoms with Crippen molar-refractivity contribution in [2.75, 3.05) is 14.1 Å². The van der Waals surface area contributed by atoms with Crippen LogP contribution >= 0.6 is 0 Å². The Balaban J connectivity index is 3.10. The topological polar surface area (TPSA) is 3.24 Å². The lowest BCUT2D eigenvalue weighted by atomic mass is 10.1. The quantitative estimate of drug-likeness (QED) is 0.501. The Hall–Kier alpha value is -0.460. The van der Waals surface area contributed by atoms with Crippen LogP contribution in [0.2, 0.25) is 0 Å². The zero-order valence-electron chi connectivity index (χ0n) is 10.3. The van der Waals surface area contributed by atoms with Gasteiger partial charge in [-0.1, -0.05) is 52.0 Å². The summed E-state index contributed by atoms with van der Waals surface area (Å²) in [5, 5.41) is 0. The molecule has 0 radical (unpaired) electrons. The third kappa shape index (κ3) is 8.15. The lowest BCUT2D eigenvalue weighted by Crippen LogP contribution is -2.09. The van der Waals surface area contributed by atoms with E-state index in [4.69, 9.17) is 0 Å². The Labute approximate surface area is 90.2 Å². The maximum absolute atomic E-state index is 4.03. The molecule has 0 heterocycles. The summed E-state index contributed by atoms with van der Waals surface area (Å²) in [4.78, 5) is 2.12. The molecule has 0 saturated carbocycles.